The topological polar surface area (TPSA) is 265 Å². The monoisotopic (exact) mass is 954 g/mol. The molecule has 0 bridgehead atoms. The molecule has 0 spiro atoms. The first kappa shape index (κ1) is 57.9. The summed E-state index contributed by atoms with van der Waals surface area (Å²) in [5.41, 5.74) is 4.58. The number of hydrogen-bond acceptors (Lipinski definition) is 15. The predicted molar refractivity (Wildman–Crippen MR) is 243 cm³/mol. The van der Waals surface area contributed by atoms with E-state index in [1.807, 2.05) is 0 Å². The molecule has 0 saturated carbocycles. The predicted octanol–water partition coefficient (Wildman–Crippen LogP) is 9.11. The standard InChI is InChI=1S/C44H81N3O15P2/c1-3-5-7-9-11-13-15-17-19-21-23-25-27-29-39(48)57-33-36(60-40(49)30-28-26-24-22-20-18-16-14-12-10-8-6-4-2)34-58-63(53,54)62-64(55,56)59-35-37-41(50)42(51)43(61-37)47-32-31-38(45)46-44(47)52/h31-32,36-37,41-43,50-51H,3-30,33-35H2,1-2H3,(H,53,54)(H,55,56)(H2,45,46,52)/t36?,37-,41-,42-,43-/m1/s1. The summed E-state index contributed by atoms with van der Waals surface area (Å²) in [6.07, 6.45) is 23.3. The summed E-state index contributed by atoms with van der Waals surface area (Å²) in [5.74, 6) is -1.28. The van der Waals surface area contributed by atoms with Gasteiger partial charge in [-0.2, -0.15) is 9.29 Å². The Hall–Kier alpha value is -2.24. The van der Waals surface area contributed by atoms with Crippen molar-refractivity contribution in [3.8, 4) is 0 Å². The van der Waals surface area contributed by atoms with E-state index in [4.69, 9.17) is 29.0 Å². The molecule has 1 aliphatic heterocycles. The van der Waals surface area contributed by atoms with Crippen molar-refractivity contribution < 1.29 is 66.3 Å². The molecule has 3 unspecified atom stereocenters. The Bertz CT molecular complexity index is 1570. The fourth-order valence-corrected chi connectivity index (χ4v) is 9.54. The maximum Gasteiger partial charge on any atom is 0.481 e. The van der Waals surface area contributed by atoms with Crippen molar-refractivity contribution in [2.45, 2.75) is 224 Å². The lowest BCUT2D eigenvalue weighted by Crippen LogP contribution is -2.36. The highest BCUT2D eigenvalue weighted by molar-refractivity contribution is 7.61. The lowest BCUT2D eigenvalue weighted by molar-refractivity contribution is -0.161. The number of unbranched alkanes of at least 4 members (excludes halogenated alkanes) is 24. The van der Waals surface area contributed by atoms with Gasteiger partial charge in [-0.3, -0.25) is 23.2 Å². The molecule has 1 aliphatic rings. The van der Waals surface area contributed by atoms with Crippen molar-refractivity contribution in [2.24, 2.45) is 0 Å². The summed E-state index contributed by atoms with van der Waals surface area (Å²) in [4.78, 5) is 61.7. The third-order valence-electron chi connectivity index (χ3n) is 11.2. The first-order valence-electron chi connectivity index (χ1n) is 24.0. The lowest BCUT2D eigenvalue weighted by Gasteiger charge is -2.21. The van der Waals surface area contributed by atoms with E-state index in [1.54, 1.807) is 0 Å². The van der Waals surface area contributed by atoms with Gasteiger partial charge in [-0.1, -0.05) is 168 Å². The van der Waals surface area contributed by atoms with Gasteiger partial charge in [0.2, 0.25) is 0 Å². The normalized spacial score (nSPS) is 19.8. The fourth-order valence-electron chi connectivity index (χ4n) is 7.43. The number of phosphoric acid groups is 2. The number of nitrogen functional groups attached to an aromatic ring is 1. The summed E-state index contributed by atoms with van der Waals surface area (Å²) >= 11 is 0. The second-order valence-electron chi connectivity index (χ2n) is 17.0. The molecule has 6 N–H and O–H groups in total. The highest BCUT2D eigenvalue weighted by Gasteiger charge is 2.46. The number of aliphatic hydroxyl groups is 2. The Morgan fingerprint density at radius 2 is 1.12 bits per heavy atom. The molecule has 0 amide bonds. The van der Waals surface area contributed by atoms with E-state index in [0.29, 0.717) is 12.8 Å². The Balaban J connectivity index is 1.82. The molecule has 7 atom stereocenters. The number of phosphoric ester groups is 2. The molecule has 0 aliphatic carbocycles. The first-order valence-corrected chi connectivity index (χ1v) is 27.0. The van der Waals surface area contributed by atoms with E-state index in [0.717, 1.165) is 55.9 Å². The molecule has 1 aromatic heterocycles. The van der Waals surface area contributed by atoms with E-state index >= 15 is 0 Å². The number of aromatic nitrogens is 2. The van der Waals surface area contributed by atoms with E-state index in [-0.39, 0.29) is 18.7 Å². The third-order valence-corrected chi connectivity index (χ3v) is 13.8. The molecule has 372 valence electrons. The first-order chi connectivity index (χ1) is 30.7. The highest BCUT2D eigenvalue weighted by atomic mass is 31.3. The Labute approximate surface area is 380 Å². The van der Waals surface area contributed by atoms with Gasteiger partial charge in [-0.15, -0.1) is 0 Å². The van der Waals surface area contributed by atoms with Crippen molar-refractivity contribution in [1.29, 1.82) is 0 Å². The van der Waals surface area contributed by atoms with E-state index < -0.39 is 83.7 Å². The van der Waals surface area contributed by atoms with Crippen LogP contribution in [0.1, 0.15) is 200 Å². The summed E-state index contributed by atoms with van der Waals surface area (Å²) in [6.45, 7) is 2.16. The molecule has 2 rings (SSSR count). The molecule has 1 saturated heterocycles. The van der Waals surface area contributed by atoms with Gasteiger partial charge >= 0.3 is 33.3 Å². The number of aliphatic hydroxyl groups excluding tert-OH is 2. The largest absolute Gasteiger partial charge is 0.481 e. The number of hydrogen-bond donors (Lipinski definition) is 5. The molecular formula is C44H81N3O15P2. The van der Waals surface area contributed by atoms with Gasteiger partial charge in [0.15, 0.2) is 12.3 Å². The average Bonchev–Trinajstić information content (AvgIpc) is 3.52. The van der Waals surface area contributed by atoms with Crippen molar-refractivity contribution in [3.05, 3.63) is 22.7 Å². The minimum Gasteiger partial charge on any atom is -0.462 e. The molecule has 1 aromatic rings. The van der Waals surface area contributed by atoms with Crippen molar-refractivity contribution in [2.75, 3.05) is 25.6 Å². The number of nitrogens with zero attached hydrogens (tertiary/aromatic N) is 2. The van der Waals surface area contributed by atoms with Gasteiger partial charge in [0.25, 0.3) is 0 Å². The summed E-state index contributed by atoms with van der Waals surface area (Å²) in [5, 5.41) is 20.9. The number of anilines is 1. The molecule has 64 heavy (non-hydrogen) atoms. The van der Waals surface area contributed by atoms with Crippen LogP contribution >= 0.6 is 15.6 Å². The zero-order valence-electron chi connectivity index (χ0n) is 38.6. The number of carbonyl (C=O) groups excluding carboxylic acids is 2. The zero-order valence-corrected chi connectivity index (χ0v) is 40.4. The van der Waals surface area contributed by atoms with E-state index in [2.05, 4.69) is 23.1 Å². The van der Waals surface area contributed by atoms with E-state index in [1.165, 1.54) is 115 Å². The zero-order chi connectivity index (χ0) is 47.1. The second-order valence-corrected chi connectivity index (χ2v) is 20.0. The molecule has 0 radical (unpaired) electrons. The van der Waals surface area contributed by atoms with Crippen LogP contribution in [0.5, 0.6) is 0 Å². The fraction of sp³-hybridized carbons (Fsp3) is 0.864. The SMILES string of the molecule is CCCCCCCCCCCCCCCC(=O)OCC(COP(=O)(O)OP(=O)(O)OC[C@H]1O[C@@H](n2ccc(N)nc2=O)[C@H](O)[C@@H]1O)OC(=O)CCCCCCCCCCCCCCC. The van der Waals surface area contributed by atoms with Crippen LogP contribution in [-0.2, 0) is 46.3 Å². The number of carbonyl (C=O) groups is 2. The van der Waals surface area contributed by atoms with Crippen LogP contribution in [0.15, 0.2) is 17.1 Å². The lowest BCUT2D eigenvalue weighted by atomic mass is 10.0. The van der Waals surface area contributed by atoms with Crippen LogP contribution < -0.4 is 11.4 Å². The molecule has 2 heterocycles. The van der Waals surface area contributed by atoms with Crippen molar-refractivity contribution in [1.82, 2.24) is 9.55 Å². The van der Waals surface area contributed by atoms with E-state index in [9.17, 15) is 43.5 Å². The highest BCUT2D eigenvalue weighted by Crippen LogP contribution is 2.60. The maximum atomic E-state index is 12.8. The minimum atomic E-state index is -5.41. The van der Waals surface area contributed by atoms with Crippen LogP contribution in [0.2, 0.25) is 0 Å². The Morgan fingerprint density at radius 1 is 0.688 bits per heavy atom. The Kier molecular flexibility index (Phi) is 30.9. The molecule has 1 fully saturated rings. The van der Waals surface area contributed by atoms with Gasteiger partial charge in [0.1, 0.15) is 30.7 Å². The van der Waals surface area contributed by atoms with Gasteiger partial charge < -0.3 is 39.9 Å². The van der Waals surface area contributed by atoms with Crippen LogP contribution in [0.4, 0.5) is 5.82 Å². The van der Waals surface area contributed by atoms with Gasteiger partial charge in [-0.05, 0) is 18.9 Å². The number of nitrogens with two attached hydrogens (primary N) is 1. The maximum absolute atomic E-state index is 12.8. The molecular weight excluding hydrogens is 872 g/mol. The van der Waals surface area contributed by atoms with Gasteiger partial charge in [-0.25, -0.2) is 13.9 Å². The summed E-state index contributed by atoms with van der Waals surface area (Å²) in [6, 6.07) is 1.25. The smallest absolute Gasteiger partial charge is 0.462 e. The van der Waals surface area contributed by atoms with Crippen LogP contribution in [0.3, 0.4) is 0 Å². The average molecular weight is 954 g/mol. The third kappa shape index (κ3) is 26.8. The number of esters is 2. The summed E-state index contributed by atoms with van der Waals surface area (Å²) in [7, 11) is -10.8. The van der Waals surface area contributed by atoms with Crippen molar-refractivity contribution in [3.63, 3.8) is 0 Å². The van der Waals surface area contributed by atoms with Crippen LogP contribution in [0.25, 0.3) is 0 Å². The van der Waals surface area contributed by atoms with Gasteiger partial charge in [0.05, 0.1) is 13.2 Å². The minimum absolute atomic E-state index is 0.0578. The van der Waals surface area contributed by atoms with Crippen LogP contribution in [0, 0.1) is 0 Å². The van der Waals surface area contributed by atoms with Crippen LogP contribution in [-0.4, -0.2) is 85.7 Å². The van der Waals surface area contributed by atoms with Gasteiger partial charge in [0, 0.05) is 19.0 Å². The summed E-state index contributed by atoms with van der Waals surface area (Å²) < 4.78 is 56.7. The second kappa shape index (κ2) is 34.1. The number of ether oxygens (including phenoxy) is 3. The molecule has 18 nitrogen and oxygen atoms in total. The Morgan fingerprint density at radius 3 is 1.59 bits per heavy atom. The molecule has 20 heteroatoms. The quantitative estimate of drug-likeness (QED) is 0.0233. The molecule has 0 aromatic carbocycles. The number of rotatable bonds is 40. The van der Waals surface area contributed by atoms with Crippen molar-refractivity contribution >= 4 is 33.4 Å².